The van der Waals surface area contributed by atoms with Crippen LogP contribution >= 0.6 is 0 Å². The largest absolute Gasteiger partial charge is 0.381 e. The van der Waals surface area contributed by atoms with Gasteiger partial charge in [0.25, 0.3) is 0 Å². The number of hydrogen-bond donors (Lipinski definition) is 2. The van der Waals surface area contributed by atoms with Crippen molar-refractivity contribution in [1.82, 2.24) is 9.78 Å². The molecule has 2 rings (SSSR count). The number of nitrogens with one attached hydrogen (secondary N) is 1. The van der Waals surface area contributed by atoms with Gasteiger partial charge in [-0.25, -0.2) is 13.6 Å². The lowest BCUT2D eigenvalue weighted by Gasteiger charge is -2.10. The normalized spacial score (nSPS) is 11.6. The van der Waals surface area contributed by atoms with Crippen molar-refractivity contribution < 1.29 is 8.42 Å². The first-order valence-corrected chi connectivity index (χ1v) is 7.68. The first-order chi connectivity index (χ1) is 9.27. The number of aromatic nitrogens is 2. The van der Waals surface area contributed by atoms with Crippen LogP contribution < -0.4 is 10.5 Å². The monoisotopic (exact) mass is 294 g/mol. The summed E-state index contributed by atoms with van der Waals surface area (Å²) in [5.74, 6) is 0. The molecule has 3 N–H and O–H groups in total. The van der Waals surface area contributed by atoms with Crippen LogP contribution in [0.3, 0.4) is 0 Å². The number of nitrogens with zero attached hydrogens (tertiary/aromatic N) is 2. The maximum absolute atomic E-state index is 11.4. The Bertz CT molecular complexity index is 735. The van der Waals surface area contributed by atoms with E-state index in [4.69, 9.17) is 5.14 Å². The Labute approximate surface area is 118 Å². The summed E-state index contributed by atoms with van der Waals surface area (Å²) in [4.78, 5) is 0.105. The maximum atomic E-state index is 11.4. The molecule has 0 saturated heterocycles. The van der Waals surface area contributed by atoms with Crippen molar-refractivity contribution in [3.8, 4) is 0 Å². The third kappa shape index (κ3) is 3.17. The predicted octanol–water partition coefficient (Wildman–Crippen LogP) is 1.30. The smallest absolute Gasteiger partial charge is 0.238 e. The molecule has 0 aliphatic carbocycles. The molecular weight excluding hydrogens is 276 g/mol. The number of nitrogens with two attached hydrogens (primary N) is 1. The fourth-order valence-corrected chi connectivity index (χ4v) is 2.52. The molecule has 6 nitrogen and oxygen atoms in total. The van der Waals surface area contributed by atoms with Gasteiger partial charge < -0.3 is 5.32 Å². The highest BCUT2D eigenvalue weighted by atomic mass is 32.2. The fourth-order valence-electron chi connectivity index (χ4n) is 1.98. The molecule has 0 aliphatic heterocycles. The van der Waals surface area contributed by atoms with Gasteiger partial charge in [-0.05, 0) is 31.5 Å². The molecule has 0 bridgehead atoms. The zero-order chi connectivity index (χ0) is 14.9. The van der Waals surface area contributed by atoms with Crippen molar-refractivity contribution in [3.05, 3.63) is 41.2 Å². The van der Waals surface area contributed by atoms with E-state index in [0.717, 1.165) is 22.5 Å². The molecule has 0 radical (unpaired) electrons. The molecule has 1 aromatic carbocycles. The molecule has 20 heavy (non-hydrogen) atoms. The Kier molecular flexibility index (Phi) is 3.82. The van der Waals surface area contributed by atoms with Crippen LogP contribution in [0.2, 0.25) is 0 Å². The van der Waals surface area contributed by atoms with Crippen molar-refractivity contribution in [1.29, 1.82) is 0 Å². The van der Waals surface area contributed by atoms with E-state index in [-0.39, 0.29) is 4.90 Å². The SMILES string of the molecule is Cc1ccc(S(N)(=O)=O)cc1NCc1cn(C)nc1C. The molecule has 108 valence electrons. The number of anilines is 1. The van der Waals surface area contributed by atoms with Gasteiger partial charge in [-0.3, -0.25) is 4.68 Å². The van der Waals surface area contributed by atoms with Crippen molar-refractivity contribution in [2.75, 3.05) is 5.32 Å². The van der Waals surface area contributed by atoms with Crippen LogP contribution in [0.4, 0.5) is 5.69 Å². The average molecular weight is 294 g/mol. The van der Waals surface area contributed by atoms with E-state index in [1.165, 1.54) is 6.07 Å². The maximum Gasteiger partial charge on any atom is 0.238 e. The first kappa shape index (κ1) is 14.5. The molecule has 0 spiro atoms. The third-order valence-corrected chi connectivity index (χ3v) is 4.03. The second-order valence-electron chi connectivity index (χ2n) is 4.79. The average Bonchev–Trinajstić information content (AvgIpc) is 2.65. The Morgan fingerprint density at radius 1 is 1.35 bits per heavy atom. The summed E-state index contributed by atoms with van der Waals surface area (Å²) in [5.41, 5.74) is 3.71. The Hall–Kier alpha value is -1.86. The van der Waals surface area contributed by atoms with Gasteiger partial charge in [0.15, 0.2) is 0 Å². The topological polar surface area (TPSA) is 90.0 Å². The van der Waals surface area contributed by atoms with Crippen LogP contribution in [-0.4, -0.2) is 18.2 Å². The number of rotatable bonds is 4. The van der Waals surface area contributed by atoms with Crippen molar-refractivity contribution in [2.45, 2.75) is 25.3 Å². The van der Waals surface area contributed by atoms with E-state index in [1.807, 2.05) is 27.1 Å². The zero-order valence-corrected chi connectivity index (χ0v) is 12.5. The van der Waals surface area contributed by atoms with E-state index in [9.17, 15) is 8.42 Å². The highest BCUT2D eigenvalue weighted by molar-refractivity contribution is 7.89. The summed E-state index contributed by atoms with van der Waals surface area (Å²) in [5, 5.41) is 12.6. The van der Waals surface area contributed by atoms with E-state index in [0.29, 0.717) is 6.54 Å². The molecule has 1 heterocycles. The summed E-state index contributed by atoms with van der Waals surface area (Å²) in [6, 6.07) is 4.79. The van der Waals surface area contributed by atoms with Crippen molar-refractivity contribution in [3.63, 3.8) is 0 Å². The van der Waals surface area contributed by atoms with Gasteiger partial charge in [0.1, 0.15) is 0 Å². The van der Waals surface area contributed by atoms with Gasteiger partial charge >= 0.3 is 0 Å². The second kappa shape index (κ2) is 5.26. The third-order valence-electron chi connectivity index (χ3n) is 3.12. The highest BCUT2D eigenvalue weighted by Gasteiger charge is 2.10. The minimum atomic E-state index is -3.69. The number of aryl methyl sites for hydroxylation is 3. The quantitative estimate of drug-likeness (QED) is 0.889. The molecule has 1 aromatic heterocycles. The van der Waals surface area contributed by atoms with E-state index >= 15 is 0 Å². The molecule has 0 saturated carbocycles. The lowest BCUT2D eigenvalue weighted by molar-refractivity contribution is 0.598. The van der Waals surface area contributed by atoms with Gasteiger partial charge in [0.2, 0.25) is 10.0 Å². The zero-order valence-electron chi connectivity index (χ0n) is 11.7. The molecule has 0 atom stereocenters. The molecule has 0 aliphatic rings. The Balaban J connectivity index is 2.23. The molecule has 0 amide bonds. The minimum absolute atomic E-state index is 0.105. The van der Waals surface area contributed by atoms with Crippen molar-refractivity contribution in [2.24, 2.45) is 12.2 Å². The Morgan fingerprint density at radius 3 is 2.60 bits per heavy atom. The lowest BCUT2D eigenvalue weighted by Crippen LogP contribution is -2.13. The number of benzene rings is 1. The van der Waals surface area contributed by atoms with E-state index in [1.54, 1.807) is 16.8 Å². The minimum Gasteiger partial charge on any atom is -0.381 e. The first-order valence-electron chi connectivity index (χ1n) is 6.14. The number of hydrogen-bond acceptors (Lipinski definition) is 4. The summed E-state index contributed by atoms with van der Waals surface area (Å²) in [7, 11) is -1.82. The predicted molar refractivity (Wildman–Crippen MR) is 77.8 cm³/mol. The molecular formula is C13H18N4O2S. The van der Waals surface area contributed by atoms with Crippen LogP contribution in [0.25, 0.3) is 0 Å². The molecule has 0 unspecified atom stereocenters. The van der Waals surface area contributed by atoms with Crippen LogP contribution in [0, 0.1) is 13.8 Å². The summed E-state index contributed by atoms with van der Waals surface area (Å²) in [6.07, 6.45) is 1.93. The van der Waals surface area contributed by atoms with Gasteiger partial charge in [-0.15, -0.1) is 0 Å². The molecule has 7 heteroatoms. The van der Waals surface area contributed by atoms with Crippen LogP contribution in [0.5, 0.6) is 0 Å². The van der Waals surface area contributed by atoms with Crippen molar-refractivity contribution >= 4 is 15.7 Å². The summed E-state index contributed by atoms with van der Waals surface area (Å²) < 4.78 is 24.5. The van der Waals surface area contributed by atoms with E-state index in [2.05, 4.69) is 10.4 Å². The number of sulfonamides is 1. The Morgan fingerprint density at radius 2 is 2.05 bits per heavy atom. The highest BCUT2D eigenvalue weighted by Crippen LogP contribution is 2.20. The van der Waals surface area contributed by atoms with Crippen LogP contribution in [0.15, 0.2) is 29.3 Å². The van der Waals surface area contributed by atoms with Gasteiger partial charge in [0.05, 0.1) is 10.6 Å². The molecule has 2 aromatic rings. The standard InChI is InChI=1S/C13H18N4O2S/c1-9-4-5-12(20(14,18)19)6-13(9)15-7-11-8-17(3)16-10(11)2/h4-6,8,15H,7H2,1-3H3,(H2,14,18,19). The van der Waals surface area contributed by atoms with Crippen LogP contribution in [-0.2, 0) is 23.6 Å². The van der Waals surface area contributed by atoms with Gasteiger partial charge in [0, 0.05) is 31.0 Å². The van der Waals surface area contributed by atoms with Gasteiger partial charge in [-0.2, -0.15) is 5.10 Å². The summed E-state index contributed by atoms with van der Waals surface area (Å²) >= 11 is 0. The molecule has 0 fully saturated rings. The fraction of sp³-hybridized carbons (Fsp3) is 0.308. The number of primary sulfonamides is 1. The van der Waals surface area contributed by atoms with E-state index < -0.39 is 10.0 Å². The van der Waals surface area contributed by atoms with Gasteiger partial charge in [-0.1, -0.05) is 6.07 Å². The summed E-state index contributed by atoms with van der Waals surface area (Å²) in [6.45, 7) is 4.42. The lowest BCUT2D eigenvalue weighted by atomic mass is 10.2. The van der Waals surface area contributed by atoms with Crippen LogP contribution in [0.1, 0.15) is 16.8 Å². The second-order valence-corrected chi connectivity index (χ2v) is 6.35.